The Hall–Kier alpha value is -2.67. The topological polar surface area (TPSA) is 52.9 Å². The molecule has 1 amide bonds. The standard InChI is InChI=1S/C17H13F3N2O2/c18-17(19,20)16(24)11-14(12-7-3-1-4-8-12)21-22(16)15(23)13-9-5-2-6-10-13/h1-10,24H,11H2/t16-/m0/s1. The molecule has 1 heterocycles. The van der Waals surface area contributed by atoms with Crippen molar-refractivity contribution in [3.63, 3.8) is 0 Å². The maximum Gasteiger partial charge on any atom is 0.438 e. The van der Waals surface area contributed by atoms with Crippen LogP contribution in [0.25, 0.3) is 0 Å². The molecule has 0 unspecified atom stereocenters. The minimum absolute atomic E-state index is 0.000272. The van der Waals surface area contributed by atoms with Crippen LogP contribution in [-0.2, 0) is 0 Å². The fourth-order valence-corrected chi connectivity index (χ4v) is 2.47. The second kappa shape index (κ2) is 5.76. The molecule has 0 saturated carbocycles. The molecule has 1 atom stereocenters. The van der Waals surface area contributed by atoms with Gasteiger partial charge < -0.3 is 5.11 Å². The van der Waals surface area contributed by atoms with Crippen LogP contribution in [0.15, 0.2) is 65.8 Å². The highest BCUT2D eigenvalue weighted by Crippen LogP contribution is 2.41. The lowest BCUT2D eigenvalue weighted by Crippen LogP contribution is -2.56. The quantitative estimate of drug-likeness (QED) is 0.917. The van der Waals surface area contributed by atoms with Gasteiger partial charge in [-0.2, -0.15) is 23.3 Å². The Bertz CT molecular complexity index is 775. The Labute approximate surface area is 135 Å². The molecule has 0 aromatic heterocycles. The predicted octanol–water partition coefficient (Wildman–Crippen LogP) is 3.19. The molecular formula is C17H13F3N2O2. The summed E-state index contributed by atoms with van der Waals surface area (Å²) in [5.74, 6) is -1.01. The van der Waals surface area contributed by atoms with Gasteiger partial charge in [0.15, 0.2) is 0 Å². The van der Waals surface area contributed by atoms with Crippen molar-refractivity contribution >= 4 is 11.6 Å². The highest BCUT2D eigenvalue weighted by atomic mass is 19.4. The highest BCUT2D eigenvalue weighted by molar-refractivity contribution is 6.05. The van der Waals surface area contributed by atoms with E-state index in [1.807, 2.05) is 0 Å². The van der Waals surface area contributed by atoms with Gasteiger partial charge in [0.25, 0.3) is 11.6 Å². The number of halogens is 3. The van der Waals surface area contributed by atoms with Crippen LogP contribution in [0.4, 0.5) is 13.2 Å². The molecule has 0 radical (unpaired) electrons. The number of hydrogen-bond acceptors (Lipinski definition) is 3. The van der Waals surface area contributed by atoms with Crippen molar-refractivity contribution in [2.24, 2.45) is 5.10 Å². The van der Waals surface area contributed by atoms with Gasteiger partial charge in [-0.05, 0) is 17.7 Å². The number of rotatable bonds is 2. The van der Waals surface area contributed by atoms with Crippen molar-refractivity contribution in [2.75, 3.05) is 0 Å². The average Bonchev–Trinajstić information content (AvgIpc) is 2.95. The molecule has 2 aromatic rings. The van der Waals surface area contributed by atoms with E-state index in [-0.39, 0.29) is 16.3 Å². The predicted molar refractivity (Wildman–Crippen MR) is 81.2 cm³/mol. The largest absolute Gasteiger partial charge is 0.438 e. The van der Waals surface area contributed by atoms with Crippen molar-refractivity contribution in [3.05, 3.63) is 71.8 Å². The minimum atomic E-state index is -5.04. The van der Waals surface area contributed by atoms with Gasteiger partial charge in [-0.3, -0.25) is 4.79 Å². The molecule has 1 aliphatic heterocycles. The first-order chi connectivity index (χ1) is 11.3. The molecule has 24 heavy (non-hydrogen) atoms. The monoisotopic (exact) mass is 334 g/mol. The lowest BCUT2D eigenvalue weighted by molar-refractivity contribution is -0.297. The Morgan fingerprint density at radius 3 is 2.12 bits per heavy atom. The van der Waals surface area contributed by atoms with E-state index in [1.54, 1.807) is 36.4 Å². The molecule has 3 rings (SSSR count). The molecule has 0 spiro atoms. The van der Waals surface area contributed by atoms with Crippen molar-refractivity contribution < 1.29 is 23.1 Å². The summed E-state index contributed by atoms with van der Waals surface area (Å²) >= 11 is 0. The lowest BCUT2D eigenvalue weighted by atomic mass is 10.0. The third-order valence-corrected chi connectivity index (χ3v) is 3.76. The Morgan fingerprint density at radius 1 is 1.04 bits per heavy atom. The van der Waals surface area contributed by atoms with Gasteiger partial charge in [-0.25, -0.2) is 0 Å². The summed E-state index contributed by atoms with van der Waals surface area (Å²) in [6.07, 6.45) is -5.86. The first-order valence-electron chi connectivity index (χ1n) is 7.14. The number of hydrazone groups is 1. The van der Waals surface area contributed by atoms with Crippen LogP contribution in [0, 0.1) is 0 Å². The number of nitrogens with zero attached hydrogens (tertiary/aromatic N) is 2. The van der Waals surface area contributed by atoms with Crippen molar-refractivity contribution in [2.45, 2.75) is 18.3 Å². The Morgan fingerprint density at radius 2 is 1.58 bits per heavy atom. The van der Waals surface area contributed by atoms with Crippen LogP contribution in [0.2, 0.25) is 0 Å². The van der Waals surface area contributed by atoms with Crippen LogP contribution in [0.1, 0.15) is 22.3 Å². The van der Waals surface area contributed by atoms with Crippen LogP contribution >= 0.6 is 0 Å². The molecule has 4 nitrogen and oxygen atoms in total. The summed E-state index contributed by atoms with van der Waals surface area (Å²) in [5.41, 5.74) is -2.94. The van der Waals surface area contributed by atoms with Gasteiger partial charge in [-0.15, -0.1) is 0 Å². The fourth-order valence-electron chi connectivity index (χ4n) is 2.47. The van der Waals surface area contributed by atoms with Crippen LogP contribution in [0.5, 0.6) is 0 Å². The van der Waals surface area contributed by atoms with Gasteiger partial charge in [0.2, 0.25) is 0 Å². The van der Waals surface area contributed by atoms with E-state index in [0.29, 0.717) is 5.56 Å². The number of carbonyl (C=O) groups excluding carboxylic acids is 1. The molecule has 0 saturated heterocycles. The summed E-state index contributed by atoms with van der Waals surface area (Å²) in [6, 6.07) is 15.6. The highest BCUT2D eigenvalue weighted by Gasteiger charge is 2.63. The van der Waals surface area contributed by atoms with Gasteiger partial charge >= 0.3 is 6.18 Å². The molecule has 0 bridgehead atoms. The van der Waals surface area contributed by atoms with Crippen LogP contribution in [0.3, 0.4) is 0 Å². The maximum absolute atomic E-state index is 13.4. The van der Waals surface area contributed by atoms with E-state index >= 15 is 0 Å². The molecular weight excluding hydrogens is 321 g/mol. The molecule has 1 aliphatic rings. The molecule has 124 valence electrons. The zero-order valence-electron chi connectivity index (χ0n) is 12.4. The second-order valence-electron chi connectivity index (χ2n) is 5.39. The molecule has 0 aliphatic carbocycles. The maximum atomic E-state index is 13.4. The number of hydrogen-bond donors (Lipinski definition) is 1. The summed E-state index contributed by atoms with van der Waals surface area (Å²) in [7, 11) is 0. The number of alkyl halides is 3. The van der Waals surface area contributed by atoms with Crippen molar-refractivity contribution in [1.29, 1.82) is 0 Å². The molecule has 0 fully saturated rings. The van der Waals surface area contributed by atoms with Gasteiger partial charge in [-0.1, -0.05) is 48.5 Å². The van der Waals surface area contributed by atoms with Gasteiger partial charge in [0, 0.05) is 5.56 Å². The minimum Gasteiger partial charge on any atom is -0.362 e. The summed E-state index contributed by atoms with van der Waals surface area (Å²) < 4.78 is 40.3. The fraction of sp³-hybridized carbons (Fsp3) is 0.176. The zero-order chi connectivity index (χ0) is 17.4. The summed E-state index contributed by atoms with van der Waals surface area (Å²) in [6.45, 7) is 0. The Balaban J connectivity index is 2.05. The normalized spacial score (nSPS) is 20.8. The second-order valence-corrected chi connectivity index (χ2v) is 5.39. The van der Waals surface area contributed by atoms with Crippen molar-refractivity contribution in [3.8, 4) is 0 Å². The molecule has 1 N–H and O–H groups in total. The average molecular weight is 334 g/mol. The number of benzene rings is 2. The lowest BCUT2D eigenvalue weighted by Gasteiger charge is -2.32. The molecule has 2 aromatic carbocycles. The molecule has 7 heteroatoms. The van der Waals surface area contributed by atoms with E-state index < -0.39 is 24.2 Å². The summed E-state index contributed by atoms with van der Waals surface area (Å²) in [5, 5.41) is 14.1. The third kappa shape index (κ3) is 2.67. The SMILES string of the molecule is O=C(c1ccccc1)N1N=C(c2ccccc2)C[C@]1(O)C(F)(F)F. The van der Waals surface area contributed by atoms with Crippen molar-refractivity contribution in [1.82, 2.24) is 5.01 Å². The first-order valence-corrected chi connectivity index (χ1v) is 7.14. The summed E-state index contributed by atoms with van der Waals surface area (Å²) in [4.78, 5) is 12.4. The van der Waals surface area contributed by atoms with Crippen LogP contribution in [-0.4, -0.2) is 33.6 Å². The van der Waals surface area contributed by atoms with Gasteiger partial charge in [0.05, 0.1) is 12.1 Å². The third-order valence-electron chi connectivity index (χ3n) is 3.76. The van der Waals surface area contributed by atoms with Crippen LogP contribution < -0.4 is 0 Å². The van der Waals surface area contributed by atoms with Gasteiger partial charge in [0.1, 0.15) is 0 Å². The number of aliphatic hydroxyl groups is 1. The zero-order valence-corrected chi connectivity index (χ0v) is 12.4. The number of carbonyl (C=O) groups is 1. The van der Waals surface area contributed by atoms with E-state index in [0.717, 1.165) is 0 Å². The Kier molecular flexibility index (Phi) is 3.88. The van der Waals surface area contributed by atoms with E-state index in [9.17, 15) is 23.1 Å². The smallest absolute Gasteiger partial charge is 0.362 e. The first kappa shape index (κ1) is 16.2. The number of amides is 1. The van der Waals surface area contributed by atoms with E-state index in [2.05, 4.69) is 5.10 Å². The van der Waals surface area contributed by atoms with E-state index in [4.69, 9.17) is 0 Å². The van der Waals surface area contributed by atoms with E-state index in [1.165, 1.54) is 24.3 Å².